The number of hydrogen-bond donors (Lipinski definition) is 1. The lowest BCUT2D eigenvalue weighted by Crippen LogP contribution is -2.35. The minimum Gasteiger partial charge on any atom is -0.355 e. The molecule has 0 aliphatic heterocycles. The van der Waals surface area contributed by atoms with Crippen LogP contribution < -0.4 is 5.32 Å². The van der Waals surface area contributed by atoms with E-state index in [1.165, 1.54) is 55.2 Å². The quantitative estimate of drug-likeness (QED) is 0.845. The molecule has 4 nitrogen and oxygen atoms in total. The SMILES string of the molecule is C[C@H](Sc1nncs1)C(=O)NCC1CCCCC1. The zero-order valence-electron chi connectivity index (χ0n) is 10.6. The Bertz CT molecular complexity index is 363. The summed E-state index contributed by atoms with van der Waals surface area (Å²) in [5.41, 5.74) is 1.69. The predicted octanol–water partition coefficient (Wildman–Crippen LogP) is 2.72. The van der Waals surface area contributed by atoms with Gasteiger partial charge in [-0.25, -0.2) is 0 Å². The molecule has 1 amide bonds. The van der Waals surface area contributed by atoms with E-state index in [1.54, 1.807) is 5.51 Å². The fraction of sp³-hybridized carbons (Fsp3) is 0.750. The maximum absolute atomic E-state index is 11.9. The molecule has 1 aliphatic carbocycles. The number of nitrogens with zero attached hydrogens (tertiary/aromatic N) is 2. The lowest BCUT2D eigenvalue weighted by molar-refractivity contribution is -0.120. The Morgan fingerprint density at radius 3 is 3.00 bits per heavy atom. The second kappa shape index (κ2) is 7.09. The molecule has 1 heterocycles. The molecule has 1 atom stereocenters. The largest absolute Gasteiger partial charge is 0.355 e. The zero-order chi connectivity index (χ0) is 12.8. The van der Waals surface area contributed by atoms with Gasteiger partial charge in [-0.15, -0.1) is 10.2 Å². The second-order valence-corrected chi connectivity index (χ2v) is 7.14. The molecular weight excluding hydrogens is 266 g/mol. The van der Waals surface area contributed by atoms with Crippen molar-refractivity contribution in [1.29, 1.82) is 0 Å². The third kappa shape index (κ3) is 4.24. The maximum atomic E-state index is 11.9. The molecule has 0 radical (unpaired) electrons. The van der Waals surface area contributed by atoms with Gasteiger partial charge in [-0.1, -0.05) is 42.4 Å². The lowest BCUT2D eigenvalue weighted by atomic mass is 9.89. The highest BCUT2D eigenvalue weighted by molar-refractivity contribution is 8.02. The Hall–Kier alpha value is -0.620. The molecule has 1 aromatic heterocycles. The van der Waals surface area contributed by atoms with Crippen LogP contribution >= 0.6 is 23.1 Å². The minimum absolute atomic E-state index is 0.0958. The van der Waals surface area contributed by atoms with E-state index >= 15 is 0 Å². The summed E-state index contributed by atoms with van der Waals surface area (Å²) in [5, 5.41) is 10.7. The van der Waals surface area contributed by atoms with Crippen molar-refractivity contribution in [1.82, 2.24) is 15.5 Å². The topological polar surface area (TPSA) is 54.9 Å². The van der Waals surface area contributed by atoms with Crippen molar-refractivity contribution in [2.75, 3.05) is 6.54 Å². The first kappa shape index (κ1) is 13.8. The highest BCUT2D eigenvalue weighted by atomic mass is 32.2. The number of thioether (sulfide) groups is 1. The first-order valence-electron chi connectivity index (χ1n) is 6.46. The number of hydrogen-bond acceptors (Lipinski definition) is 5. The van der Waals surface area contributed by atoms with E-state index in [0.717, 1.165) is 10.9 Å². The predicted molar refractivity (Wildman–Crippen MR) is 74.8 cm³/mol. The van der Waals surface area contributed by atoms with Gasteiger partial charge in [0.25, 0.3) is 0 Å². The third-order valence-corrected chi connectivity index (χ3v) is 5.19. The van der Waals surface area contributed by atoms with Crippen molar-refractivity contribution in [2.24, 2.45) is 5.92 Å². The van der Waals surface area contributed by atoms with Crippen LogP contribution in [0, 0.1) is 5.92 Å². The van der Waals surface area contributed by atoms with Crippen LogP contribution in [0.4, 0.5) is 0 Å². The van der Waals surface area contributed by atoms with Crippen LogP contribution in [0.3, 0.4) is 0 Å². The Morgan fingerprint density at radius 2 is 2.33 bits per heavy atom. The van der Waals surface area contributed by atoms with Crippen molar-refractivity contribution < 1.29 is 4.79 Å². The van der Waals surface area contributed by atoms with Crippen molar-refractivity contribution in [3.8, 4) is 0 Å². The van der Waals surface area contributed by atoms with Crippen molar-refractivity contribution in [3.63, 3.8) is 0 Å². The van der Waals surface area contributed by atoms with Gasteiger partial charge in [-0.2, -0.15) is 0 Å². The summed E-state index contributed by atoms with van der Waals surface area (Å²) >= 11 is 2.95. The zero-order valence-corrected chi connectivity index (χ0v) is 12.2. The number of aromatic nitrogens is 2. The van der Waals surface area contributed by atoms with E-state index in [-0.39, 0.29) is 11.2 Å². The Labute approximate surface area is 116 Å². The van der Waals surface area contributed by atoms with E-state index < -0.39 is 0 Å². The molecule has 100 valence electrons. The number of rotatable bonds is 5. The van der Waals surface area contributed by atoms with E-state index in [0.29, 0.717) is 5.92 Å². The second-order valence-electron chi connectivity index (χ2n) is 4.71. The van der Waals surface area contributed by atoms with Crippen molar-refractivity contribution in [3.05, 3.63) is 5.51 Å². The monoisotopic (exact) mass is 285 g/mol. The van der Waals surface area contributed by atoms with Crippen LogP contribution in [-0.2, 0) is 4.79 Å². The maximum Gasteiger partial charge on any atom is 0.233 e. The van der Waals surface area contributed by atoms with Gasteiger partial charge in [-0.3, -0.25) is 4.79 Å². The van der Waals surface area contributed by atoms with Gasteiger partial charge in [0.1, 0.15) is 5.51 Å². The molecule has 0 aromatic carbocycles. The summed E-state index contributed by atoms with van der Waals surface area (Å²) in [6.07, 6.45) is 6.51. The number of amides is 1. The Morgan fingerprint density at radius 1 is 1.56 bits per heavy atom. The molecule has 18 heavy (non-hydrogen) atoms. The summed E-state index contributed by atoms with van der Waals surface area (Å²) in [6, 6.07) is 0. The van der Waals surface area contributed by atoms with Gasteiger partial charge in [-0.05, 0) is 25.7 Å². The van der Waals surface area contributed by atoms with Gasteiger partial charge < -0.3 is 5.32 Å². The van der Waals surface area contributed by atoms with Crippen LogP contribution in [0.1, 0.15) is 39.0 Å². The number of carbonyl (C=O) groups excluding carboxylic acids is 1. The summed E-state index contributed by atoms with van der Waals surface area (Å²) < 4.78 is 0.857. The Kier molecular flexibility index (Phi) is 5.44. The molecule has 1 aliphatic rings. The molecule has 6 heteroatoms. The van der Waals surface area contributed by atoms with Gasteiger partial charge in [0.15, 0.2) is 4.34 Å². The van der Waals surface area contributed by atoms with E-state index in [9.17, 15) is 4.79 Å². The molecule has 0 unspecified atom stereocenters. The minimum atomic E-state index is -0.0958. The normalized spacial score (nSPS) is 18.5. The standard InChI is InChI=1S/C12H19N3OS2/c1-9(18-12-15-14-8-17-12)11(16)13-7-10-5-3-2-4-6-10/h8-10H,2-7H2,1H3,(H,13,16)/t9-/m0/s1. The number of nitrogens with one attached hydrogen (secondary N) is 1. The summed E-state index contributed by atoms with van der Waals surface area (Å²) in [7, 11) is 0. The fourth-order valence-corrected chi connectivity index (χ4v) is 3.85. The Balaban J connectivity index is 1.70. The highest BCUT2D eigenvalue weighted by Gasteiger charge is 2.18. The first-order chi connectivity index (χ1) is 8.75. The van der Waals surface area contributed by atoms with Crippen LogP contribution in [0.2, 0.25) is 0 Å². The average molecular weight is 285 g/mol. The van der Waals surface area contributed by atoms with Gasteiger partial charge >= 0.3 is 0 Å². The van der Waals surface area contributed by atoms with Crippen molar-refractivity contribution in [2.45, 2.75) is 48.6 Å². The fourth-order valence-electron chi connectivity index (χ4n) is 2.20. The summed E-state index contributed by atoms with van der Waals surface area (Å²) in [6.45, 7) is 2.75. The van der Waals surface area contributed by atoms with E-state index in [1.807, 2.05) is 6.92 Å². The van der Waals surface area contributed by atoms with Gasteiger partial charge in [0.2, 0.25) is 5.91 Å². The average Bonchev–Trinajstić information content (AvgIpc) is 2.90. The number of carbonyl (C=O) groups is 1. The van der Waals surface area contributed by atoms with Crippen LogP contribution in [0.25, 0.3) is 0 Å². The van der Waals surface area contributed by atoms with Gasteiger partial charge in [0, 0.05) is 6.54 Å². The van der Waals surface area contributed by atoms with Crippen molar-refractivity contribution >= 4 is 29.0 Å². The molecule has 1 saturated carbocycles. The van der Waals surface area contributed by atoms with E-state index in [4.69, 9.17) is 0 Å². The lowest BCUT2D eigenvalue weighted by Gasteiger charge is -2.22. The van der Waals surface area contributed by atoms with E-state index in [2.05, 4.69) is 15.5 Å². The molecule has 1 fully saturated rings. The highest BCUT2D eigenvalue weighted by Crippen LogP contribution is 2.25. The molecule has 1 N–H and O–H groups in total. The molecular formula is C12H19N3OS2. The molecule has 1 aromatic rings. The van der Waals surface area contributed by atoms with Crippen LogP contribution in [0.15, 0.2) is 9.85 Å². The summed E-state index contributed by atoms with van der Waals surface area (Å²) in [4.78, 5) is 11.9. The smallest absolute Gasteiger partial charge is 0.233 e. The third-order valence-electron chi connectivity index (χ3n) is 3.28. The molecule has 0 bridgehead atoms. The molecule has 2 rings (SSSR count). The first-order valence-corrected chi connectivity index (χ1v) is 8.22. The molecule has 0 saturated heterocycles. The molecule has 0 spiro atoms. The van der Waals surface area contributed by atoms with Gasteiger partial charge in [0.05, 0.1) is 5.25 Å². The van der Waals surface area contributed by atoms with Crippen LogP contribution in [0.5, 0.6) is 0 Å². The summed E-state index contributed by atoms with van der Waals surface area (Å²) in [5.74, 6) is 0.794. The van der Waals surface area contributed by atoms with Crippen LogP contribution in [-0.4, -0.2) is 27.9 Å².